The van der Waals surface area contributed by atoms with Crippen LogP contribution in [0.25, 0.3) is 4.83 Å². The van der Waals surface area contributed by atoms with Gasteiger partial charge in [0.2, 0.25) is 0 Å². The molecule has 0 saturated heterocycles. The van der Waals surface area contributed by atoms with Crippen molar-refractivity contribution in [2.45, 2.75) is 13.3 Å². The van der Waals surface area contributed by atoms with Crippen molar-refractivity contribution in [3.8, 4) is 5.88 Å². The molecule has 0 bridgehead atoms. The van der Waals surface area contributed by atoms with Crippen LogP contribution in [0, 0.1) is 0 Å². The highest BCUT2D eigenvalue weighted by Crippen LogP contribution is 2.17. The molecular formula is C7H7N3O3S. The van der Waals surface area contributed by atoms with Crippen LogP contribution in [0.15, 0.2) is 9.59 Å². The van der Waals surface area contributed by atoms with Gasteiger partial charge in [-0.25, -0.2) is 4.79 Å². The van der Waals surface area contributed by atoms with Gasteiger partial charge in [0, 0.05) is 0 Å². The number of fused-ring (bicyclic) bond motifs is 1. The first-order valence-electron chi connectivity index (χ1n) is 4.00. The Balaban J connectivity index is 2.99. The molecule has 0 fully saturated rings. The van der Waals surface area contributed by atoms with E-state index in [1.54, 1.807) is 0 Å². The smallest absolute Gasteiger partial charge is 0.375 e. The largest absolute Gasteiger partial charge is 0.820 e. The lowest BCUT2D eigenvalue weighted by molar-refractivity contribution is -0.636. The zero-order valence-corrected chi connectivity index (χ0v) is 8.10. The summed E-state index contributed by atoms with van der Waals surface area (Å²) in [6, 6.07) is 0. The van der Waals surface area contributed by atoms with Crippen LogP contribution in [-0.4, -0.2) is 10.1 Å². The summed E-state index contributed by atoms with van der Waals surface area (Å²) in [5.74, 6) is -0.323. The van der Waals surface area contributed by atoms with Crippen LogP contribution >= 0.6 is 11.3 Å². The Hall–Kier alpha value is -1.63. The third-order valence-corrected chi connectivity index (χ3v) is 3.09. The van der Waals surface area contributed by atoms with E-state index in [1.807, 2.05) is 6.92 Å². The number of nitrogens with zero attached hydrogens (tertiary/aromatic N) is 1. The monoisotopic (exact) mass is 213 g/mol. The number of rotatable bonds is 1. The third-order valence-electron chi connectivity index (χ3n) is 1.82. The third kappa shape index (κ3) is 1.13. The van der Waals surface area contributed by atoms with Crippen LogP contribution in [-0.2, 0) is 6.42 Å². The van der Waals surface area contributed by atoms with Gasteiger partial charge in [0.15, 0.2) is 5.88 Å². The highest BCUT2D eigenvalue weighted by atomic mass is 32.1. The van der Waals surface area contributed by atoms with Gasteiger partial charge in [0.25, 0.3) is 0 Å². The topological polar surface area (TPSA) is 92.9 Å². The first-order chi connectivity index (χ1) is 6.63. The van der Waals surface area contributed by atoms with Crippen molar-refractivity contribution in [1.29, 1.82) is 0 Å². The van der Waals surface area contributed by atoms with Crippen molar-refractivity contribution in [1.82, 2.24) is 10.1 Å². The van der Waals surface area contributed by atoms with Crippen LogP contribution < -0.4 is 20.9 Å². The second-order valence-corrected chi connectivity index (χ2v) is 3.80. The van der Waals surface area contributed by atoms with Crippen LogP contribution in [0.1, 0.15) is 11.8 Å². The molecule has 0 saturated carbocycles. The summed E-state index contributed by atoms with van der Waals surface area (Å²) in [5, 5.41) is 13.8. The molecular weight excluding hydrogens is 206 g/mol. The highest BCUT2D eigenvalue weighted by Gasteiger charge is 2.17. The fraction of sp³-hybridized carbons (Fsp3) is 0.286. The van der Waals surface area contributed by atoms with Gasteiger partial charge in [-0.3, -0.25) is 9.78 Å². The zero-order chi connectivity index (χ0) is 10.3. The summed E-state index contributed by atoms with van der Waals surface area (Å²) >= 11 is 1.10. The van der Waals surface area contributed by atoms with E-state index < -0.39 is 11.2 Å². The fourth-order valence-corrected chi connectivity index (χ4v) is 2.10. The molecule has 0 spiro atoms. The summed E-state index contributed by atoms with van der Waals surface area (Å²) in [4.78, 5) is 25.0. The molecule has 0 aliphatic rings. The summed E-state index contributed by atoms with van der Waals surface area (Å²) in [5.41, 5.74) is -1.21. The van der Waals surface area contributed by atoms with E-state index in [2.05, 4.69) is 10.1 Å². The van der Waals surface area contributed by atoms with Gasteiger partial charge in [0.05, 0.1) is 4.88 Å². The predicted octanol–water partition coefficient (Wildman–Crippen LogP) is -1.50. The average molecular weight is 213 g/mol. The van der Waals surface area contributed by atoms with Crippen LogP contribution in [0.4, 0.5) is 0 Å². The Morgan fingerprint density at radius 3 is 2.86 bits per heavy atom. The van der Waals surface area contributed by atoms with E-state index in [4.69, 9.17) is 0 Å². The predicted molar refractivity (Wildman–Crippen MR) is 47.5 cm³/mol. The van der Waals surface area contributed by atoms with Crippen molar-refractivity contribution in [2.75, 3.05) is 0 Å². The van der Waals surface area contributed by atoms with Gasteiger partial charge in [-0.15, -0.1) is 5.10 Å². The zero-order valence-electron chi connectivity index (χ0n) is 7.29. The molecule has 7 heteroatoms. The van der Waals surface area contributed by atoms with Crippen LogP contribution in [0.2, 0.25) is 0 Å². The molecule has 0 amide bonds. The SMILES string of the molecule is CCc1sc2c(=O)[nH]c(=O)[nH][n+]2c1[O-]. The molecule has 0 aromatic carbocycles. The Kier molecular flexibility index (Phi) is 1.88. The van der Waals surface area contributed by atoms with Crippen molar-refractivity contribution in [3.05, 3.63) is 25.7 Å². The highest BCUT2D eigenvalue weighted by molar-refractivity contribution is 7.17. The average Bonchev–Trinajstić information content (AvgIpc) is 2.44. The molecule has 0 atom stereocenters. The summed E-state index contributed by atoms with van der Waals surface area (Å²) in [6.45, 7) is 1.82. The lowest BCUT2D eigenvalue weighted by Gasteiger charge is -1.94. The van der Waals surface area contributed by atoms with Gasteiger partial charge < -0.3 is 5.11 Å². The van der Waals surface area contributed by atoms with Gasteiger partial charge in [0.1, 0.15) is 0 Å². The first kappa shape index (κ1) is 8.95. The molecule has 74 valence electrons. The standard InChI is InChI=1S/C7H7N3O3S/c1-2-3-5(12)10-6(14-3)4(11)8-7(13)9-10/h2H2,1H3,(H2-,8,9,11,12,13). The van der Waals surface area contributed by atoms with Crippen molar-refractivity contribution < 1.29 is 9.62 Å². The van der Waals surface area contributed by atoms with Gasteiger partial charge >= 0.3 is 16.1 Å². The molecule has 2 aromatic heterocycles. The number of hydrogen-bond donors (Lipinski definition) is 2. The molecule has 2 N–H and O–H groups in total. The lowest BCUT2D eigenvalue weighted by Crippen LogP contribution is -2.41. The molecule has 6 nitrogen and oxygen atoms in total. The van der Waals surface area contributed by atoms with E-state index in [9.17, 15) is 14.7 Å². The first-order valence-corrected chi connectivity index (χ1v) is 4.82. The van der Waals surface area contributed by atoms with Gasteiger partial charge in [-0.2, -0.15) is 0 Å². The minimum absolute atomic E-state index is 0.214. The quantitative estimate of drug-likeness (QED) is 0.564. The molecule has 2 heterocycles. The maximum Gasteiger partial charge on any atom is 0.375 e. The fourth-order valence-electron chi connectivity index (χ4n) is 1.18. The second-order valence-electron chi connectivity index (χ2n) is 2.72. The number of hydrogen-bond acceptors (Lipinski definition) is 4. The molecule has 0 aliphatic heterocycles. The summed E-state index contributed by atoms with van der Waals surface area (Å²) < 4.78 is 0.991. The number of aryl methyl sites for hydroxylation is 1. The van der Waals surface area contributed by atoms with Crippen molar-refractivity contribution in [3.63, 3.8) is 0 Å². The molecule has 2 aromatic rings. The Labute approximate surface area is 81.5 Å². The van der Waals surface area contributed by atoms with E-state index in [-0.39, 0.29) is 10.7 Å². The van der Waals surface area contributed by atoms with E-state index in [0.717, 1.165) is 15.9 Å². The number of nitrogens with one attached hydrogen (secondary N) is 2. The summed E-state index contributed by atoms with van der Waals surface area (Å²) in [7, 11) is 0. The molecule has 0 unspecified atom stereocenters. The molecule has 2 rings (SSSR count). The maximum absolute atomic E-state index is 11.5. The number of aromatic nitrogens is 3. The minimum Gasteiger partial charge on any atom is -0.820 e. The number of aromatic amines is 2. The second kappa shape index (κ2) is 2.95. The Morgan fingerprint density at radius 1 is 1.50 bits per heavy atom. The normalized spacial score (nSPS) is 10.9. The van der Waals surface area contributed by atoms with Crippen molar-refractivity contribution >= 4 is 16.2 Å². The minimum atomic E-state index is -0.676. The molecule has 0 radical (unpaired) electrons. The number of thiazole rings is 1. The van der Waals surface area contributed by atoms with Crippen molar-refractivity contribution in [2.24, 2.45) is 0 Å². The Morgan fingerprint density at radius 2 is 2.21 bits per heavy atom. The molecule has 0 aliphatic carbocycles. The van der Waals surface area contributed by atoms with E-state index in [0.29, 0.717) is 11.3 Å². The van der Waals surface area contributed by atoms with E-state index >= 15 is 0 Å². The number of H-pyrrole nitrogens is 2. The Bertz CT molecular complexity index is 594. The van der Waals surface area contributed by atoms with Crippen LogP contribution in [0.3, 0.4) is 0 Å². The van der Waals surface area contributed by atoms with E-state index in [1.165, 1.54) is 0 Å². The lowest BCUT2D eigenvalue weighted by atomic mass is 10.4. The van der Waals surface area contributed by atoms with Gasteiger partial charge in [-0.05, 0) is 6.42 Å². The molecule has 14 heavy (non-hydrogen) atoms. The van der Waals surface area contributed by atoms with Crippen LogP contribution in [0.5, 0.6) is 5.88 Å². The summed E-state index contributed by atoms with van der Waals surface area (Å²) in [6.07, 6.45) is 0.548. The van der Waals surface area contributed by atoms with Gasteiger partial charge in [-0.1, -0.05) is 22.8 Å². The maximum atomic E-state index is 11.5.